The summed E-state index contributed by atoms with van der Waals surface area (Å²) >= 11 is 0. The van der Waals surface area contributed by atoms with Crippen molar-refractivity contribution in [3.8, 4) is 5.75 Å². The Morgan fingerprint density at radius 3 is 2.72 bits per heavy atom. The van der Waals surface area contributed by atoms with Crippen LogP contribution in [0.25, 0.3) is 0 Å². The molecule has 18 heavy (non-hydrogen) atoms. The summed E-state index contributed by atoms with van der Waals surface area (Å²) in [5, 5.41) is 3.32. The first-order chi connectivity index (χ1) is 8.67. The average Bonchev–Trinajstić information content (AvgIpc) is 2.77. The van der Waals surface area contributed by atoms with Crippen LogP contribution in [0.2, 0.25) is 0 Å². The minimum atomic E-state index is 0.0762. The molecule has 1 N–H and O–H groups in total. The lowest BCUT2D eigenvalue weighted by Gasteiger charge is -2.20. The van der Waals surface area contributed by atoms with Gasteiger partial charge in [0.2, 0.25) is 0 Å². The molecule has 2 rings (SSSR count). The molecule has 0 radical (unpaired) electrons. The van der Waals surface area contributed by atoms with Gasteiger partial charge in [-0.2, -0.15) is 0 Å². The van der Waals surface area contributed by atoms with Crippen molar-refractivity contribution in [2.75, 3.05) is 14.2 Å². The van der Waals surface area contributed by atoms with Crippen LogP contribution >= 0.6 is 0 Å². The maximum Gasteiger partial charge on any atom is 0.124 e. The molecule has 1 unspecified atom stereocenters. The summed E-state index contributed by atoms with van der Waals surface area (Å²) in [6.07, 6.45) is 3.69. The van der Waals surface area contributed by atoms with E-state index < -0.39 is 0 Å². The Morgan fingerprint density at radius 1 is 1.39 bits per heavy atom. The highest BCUT2D eigenvalue weighted by atomic mass is 16.5. The molecule has 4 nitrogen and oxygen atoms in total. The Kier molecular flexibility index (Phi) is 3.67. The lowest BCUT2D eigenvalue weighted by atomic mass is 10.0. The van der Waals surface area contributed by atoms with E-state index in [2.05, 4.69) is 29.4 Å². The Labute approximate surface area is 108 Å². The molecule has 4 heteroatoms. The summed E-state index contributed by atoms with van der Waals surface area (Å²) in [4.78, 5) is 4.18. The number of ether oxygens (including phenoxy) is 1. The fourth-order valence-corrected chi connectivity index (χ4v) is 2.19. The van der Waals surface area contributed by atoms with Crippen LogP contribution in [0, 0.1) is 6.92 Å². The van der Waals surface area contributed by atoms with Gasteiger partial charge in [0.15, 0.2) is 0 Å². The van der Waals surface area contributed by atoms with Crippen molar-refractivity contribution in [2.45, 2.75) is 13.0 Å². The van der Waals surface area contributed by atoms with Crippen molar-refractivity contribution in [3.63, 3.8) is 0 Å². The molecule has 0 aliphatic heterocycles. The molecule has 0 aliphatic carbocycles. The zero-order chi connectivity index (χ0) is 13.1. The highest BCUT2D eigenvalue weighted by molar-refractivity contribution is 5.42. The van der Waals surface area contributed by atoms with E-state index in [0.29, 0.717) is 0 Å². The van der Waals surface area contributed by atoms with Gasteiger partial charge in [-0.25, -0.2) is 4.98 Å². The van der Waals surface area contributed by atoms with Gasteiger partial charge in [0.1, 0.15) is 5.75 Å². The van der Waals surface area contributed by atoms with E-state index in [9.17, 15) is 0 Å². The topological polar surface area (TPSA) is 39.1 Å². The van der Waals surface area contributed by atoms with Gasteiger partial charge in [-0.05, 0) is 20.0 Å². The third-order valence-corrected chi connectivity index (χ3v) is 3.13. The van der Waals surface area contributed by atoms with E-state index in [-0.39, 0.29) is 6.04 Å². The summed E-state index contributed by atoms with van der Waals surface area (Å²) in [7, 11) is 5.64. The van der Waals surface area contributed by atoms with Gasteiger partial charge in [-0.1, -0.05) is 17.7 Å². The minimum absolute atomic E-state index is 0.0762. The van der Waals surface area contributed by atoms with E-state index in [0.717, 1.165) is 17.0 Å². The molecule has 2 aromatic rings. The second-order valence-corrected chi connectivity index (χ2v) is 4.40. The summed E-state index contributed by atoms with van der Waals surface area (Å²) in [5.74, 6) is 0.890. The second kappa shape index (κ2) is 5.23. The van der Waals surface area contributed by atoms with Crippen molar-refractivity contribution >= 4 is 0 Å². The Balaban J connectivity index is 2.51. The van der Waals surface area contributed by atoms with Crippen LogP contribution in [0.3, 0.4) is 0 Å². The number of methoxy groups -OCH3 is 1. The van der Waals surface area contributed by atoms with Gasteiger partial charge < -0.3 is 14.6 Å². The fourth-order valence-electron chi connectivity index (χ4n) is 2.19. The number of hydrogen-bond donors (Lipinski definition) is 1. The van der Waals surface area contributed by atoms with E-state index in [1.807, 2.05) is 37.3 Å². The van der Waals surface area contributed by atoms with Gasteiger partial charge in [0, 0.05) is 12.6 Å². The Bertz CT molecular complexity index is 534. The molecule has 1 atom stereocenters. The summed E-state index contributed by atoms with van der Waals surface area (Å²) in [6.45, 7) is 2.08. The van der Waals surface area contributed by atoms with Crippen molar-refractivity contribution in [1.82, 2.24) is 14.9 Å². The van der Waals surface area contributed by atoms with Crippen molar-refractivity contribution in [2.24, 2.45) is 7.05 Å². The normalized spacial score (nSPS) is 12.4. The first-order valence-electron chi connectivity index (χ1n) is 5.95. The summed E-state index contributed by atoms with van der Waals surface area (Å²) < 4.78 is 7.47. The molecule has 1 aromatic carbocycles. The highest BCUT2D eigenvalue weighted by Gasteiger charge is 2.19. The number of nitrogens with zero attached hydrogens (tertiary/aromatic N) is 2. The monoisotopic (exact) mass is 245 g/mol. The van der Waals surface area contributed by atoms with E-state index in [1.165, 1.54) is 5.56 Å². The van der Waals surface area contributed by atoms with Crippen LogP contribution in [0.4, 0.5) is 0 Å². The molecular formula is C14H19N3O. The number of nitrogens with one attached hydrogen (secondary N) is 1. The quantitative estimate of drug-likeness (QED) is 0.896. The minimum Gasteiger partial charge on any atom is -0.496 e. The van der Waals surface area contributed by atoms with Gasteiger partial charge >= 0.3 is 0 Å². The first-order valence-corrected chi connectivity index (χ1v) is 5.95. The van der Waals surface area contributed by atoms with Crippen molar-refractivity contribution in [3.05, 3.63) is 47.5 Å². The second-order valence-electron chi connectivity index (χ2n) is 4.40. The lowest BCUT2D eigenvalue weighted by molar-refractivity contribution is 0.404. The van der Waals surface area contributed by atoms with Crippen LogP contribution < -0.4 is 10.1 Å². The standard InChI is InChI=1S/C14H19N3O/c1-10-5-6-13(18-4)11(7-10)14(15-2)12-8-16-9-17(12)3/h5-9,14-15H,1-4H3. The molecule has 0 saturated carbocycles. The first kappa shape index (κ1) is 12.6. The maximum absolute atomic E-state index is 5.45. The molecule has 0 bridgehead atoms. The molecule has 1 heterocycles. The third kappa shape index (κ3) is 2.24. The molecule has 0 spiro atoms. The molecule has 0 saturated heterocycles. The number of imidazole rings is 1. The number of aryl methyl sites for hydroxylation is 2. The smallest absolute Gasteiger partial charge is 0.124 e. The molecule has 1 aromatic heterocycles. The van der Waals surface area contributed by atoms with Crippen LogP contribution in [0.1, 0.15) is 22.9 Å². The lowest BCUT2D eigenvalue weighted by Crippen LogP contribution is -2.21. The van der Waals surface area contributed by atoms with Crippen molar-refractivity contribution < 1.29 is 4.74 Å². The Morgan fingerprint density at radius 2 is 2.17 bits per heavy atom. The molecule has 0 aliphatic rings. The van der Waals surface area contributed by atoms with Crippen LogP contribution in [-0.2, 0) is 7.05 Å². The zero-order valence-corrected chi connectivity index (χ0v) is 11.3. The molecule has 0 amide bonds. The maximum atomic E-state index is 5.45. The molecule has 96 valence electrons. The van der Waals surface area contributed by atoms with Crippen LogP contribution in [0.15, 0.2) is 30.7 Å². The Hall–Kier alpha value is -1.81. The third-order valence-electron chi connectivity index (χ3n) is 3.13. The number of benzene rings is 1. The number of aromatic nitrogens is 2. The van der Waals surface area contributed by atoms with Crippen molar-refractivity contribution in [1.29, 1.82) is 0 Å². The average molecular weight is 245 g/mol. The van der Waals surface area contributed by atoms with Crippen LogP contribution in [-0.4, -0.2) is 23.7 Å². The van der Waals surface area contributed by atoms with E-state index in [4.69, 9.17) is 4.74 Å². The summed E-state index contributed by atoms with van der Waals surface area (Å²) in [5.41, 5.74) is 3.46. The van der Waals surface area contributed by atoms with Crippen LogP contribution in [0.5, 0.6) is 5.75 Å². The molecule has 0 fully saturated rings. The van der Waals surface area contributed by atoms with E-state index >= 15 is 0 Å². The van der Waals surface area contributed by atoms with E-state index in [1.54, 1.807) is 7.11 Å². The van der Waals surface area contributed by atoms with Gasteiger partial charge in [0.25, 0.3) is 0 Å². The van der Waals surface area contributed by atoms with Gasteiger partial charge in [-0.15, -0.1) is 0 Å². The fraction of sp³-hybridized carbons (Fsp3) is 0.357. The molecular weight excluding hydrogens is 226 g/mol. The highest BCUT2D eigenvalue weighted by Crippen LogP contribution is 2.30. The van der Waals surface area contributed by atoms with Gasteiger partial charge in [0.05, 0.1) is 31.4 Å². The SMILES string of the molecule is CNC(c1cc(C)ccc1OC)c1cncn1C. The predicted octanol–water partition coefficient (Wildman–Crippen LogP) is 2.05. The summed E-state index contributed by atoms with van der Waals surface area (Å²) in [6, 6.07) is 6.28. The van der Waals surface area contributed by atoms with Gasteiger partial charge in [-0.3, -0.25) is 0 Å². The largest absolute Gasteiger partial charge is 0.496 e. The zero-order valence-electron chi connectivity index (χ0n) is 11.3. The number of hydrogen-bond acceptors (Lipinski definition) is 3. The predicted molar refractivity (Wildman–Crippen MR) is 71.8 cm³/mol. The number of rotatable bonds is 4.